The largest absolute Gasteiger partial charge is 0.497 e. The summed E-state index contributed by atoms with van der Waals surface area (Å²) >= 11 is 0. The van der Waals surface area contributed by atoms with E-state index in [4.69, 9.17) is 4.74 Å². The Morgan fingerprint density at radius 2 is 1.73 bits per heavy atom. The summed E-state index contributed by atoms with van der Waals surface area (Å²) in [6, 6.07) is 9.35. The Bertz CT molecular complexity index is 1070. The van der Waals surface area contributed by atoms with Gasteiger partial charge in [0, 0.05) is 36.7 Å². The Hall–Kier alpha value is -2.78. The molecule has 0 spiro atoms. The molecule has 30 heavy (non-hydrogen) atoms. The van der Waals surface area contributed by atoms with Crippen molar-refractivity contribution in [1.82, 2.24) is 4.31 Å². The van der Waals surface area contributed by atoms with Crippen LogP contribution in [0.5, 0.6) is 5.75 Å². The number of carbonyl (C=O) groups excluding carboxylic acids is 1. The molecule has 1 saturated heterocycles. The van der Waals surface area contributed by atoms with Crippen LogP contribution in [0.3, 0.4) is 0 Å². The van der Waals surface area contributed by atoms with Gasteiger partial charge in [0.15, 0.2) is 5.78 Å². The number of hydrogen-bond acceptors (Lipinski definition) is 6. The third kappa shape index (κ3) is 4.22. The lowest BCUT2D eigenvalue weighted by Crippen LogP contribution is -2.40. The number of nitrogens with zero attached hydrogens (tertiary/aromatic N) is 2. The summed E-state index contributed by atoms with van der Waals surface area (Å²) < 4.78 is 32.7. The zero-order valence-electron chi connectivity index (χ0n) is 17.1. The van der Waals surface area contributed by atoms with Gasteiger partial charge < -0.3 is 4.74 Å². The number of non-ortho nitro benzene ring substituents is 1. The average molecular weight is 432 g/mol. The minimum atomic E-state index is -3.89. The molecule has 0 saturated carbocycles. The molecule has 0 aromatic heterocycles. The van der Waals surface area contributed by atoms with Crippen LogP contribution >= 0.6 is 0 Å². The Morgan fingerprint density at radius 1 is 1.13 bits per heavy atom. The lowest BCUT2D eigenvalue weighted by Gasteiger charge is -2.31. The molecule has 3 rings (SSSR count). The molecule has 9 heteroatoms. The van der Waals surface area contributed by atoms with Crippen LogP contribution < -0.4 is 4.74 Å². The van der Waals surface area contributed by atoms with Gasteiger partial charge in [-0.15, -0.1) is 0 Å². The molecule has 0 unspecified atom stereocenters. The highest BCUT2D eigenvalue weighted by Crippen LogP contribution is 2.31. The molecule has 0 atom stereocenters. The number of carbonyl (C=O) groups is 1. The third-order valence-corrected chi connectivity index (χ3v) is 7.66. The molecule has 0 N–H and O–H groups in total. The van der Waals surface area contributed by atoms with Crippen LogP contribution in [0.25, 0.3) is 0 Å². The molecule has 8 nitrogen and oxygen atoms in total. The van der Waals surface area contributed by atoms with Crippen molar-refractivity contribution in [2.75, 3.05) is 20.2 Å². The minimum absolute atomic E-state index is 0.0166. The number of benzene rings is 2. The first-order valence-electron chi connectivity index (χ1n) is 9.59. The second-order valence-electron chi connectivity index (χ2n) is 7.41. The Balaban J connectivity index is 1.77. The predicted octanol–water partition coefficient (Wildman–Crippen LogP) is 3.50. The molecular formula is C21H24N2O6S. The summed E-state index contributed by atoms with van der Waals surface area (Å²) in [6.45, 7) is 3.68. The van der Waals surface area contributed by atoms with Crippen molar-refractivity contribution in [3.63, 3.8) is 0 Å². The van der Waals surface area contributed by atoms with Gasteiger partial charge in [0.1, 0.15) is 5.75 Å². The van der Waals surface area contributed by atoms with Crippen molar-refractivity contribution in [2.45, 2.75) is 31.6 Å². The van der Waals surface area contributed by atoms with E-state index in [1.807, 2.05) is 0 Å². The fraction of sp³-hybridized carbons (Fsp3) is 0.381. The normalized spacial score (nSPS) is 15.7. The molecule has 2 aromatic rings. The number of ketones is 1. The summed E-state index contributed by atoms with van der Waals surface area (Å²) in [7, 11) is -2.34. The first-order chi connectivity index (χ1) is 14.1. The van der Waals surface area contributed by atoms with E-state index < -0.39 is 14.9 Å². The Morgan fingerprint density at radius 3 is 2.27 bits per heavy atom. The summed E-state index contributed by atoms with van der Waals surface area (Å²) in [4.78, 5) is 23.3. The van der Waals surface area contributed by atoms with Crippen LogP contribution in [0, 0.1) is 29.9 Å². The number of piperidine rings is 1. The Kier molecular flexibility index (Phi) is 6.23. The smallest absolute Gasteiger partial charge is 0.271 e. The highest BCUT2D eigenvalue weighted by Gasteiger charge is 2.34. The summed E-state index contributed by atoms with van der Waals surface area (Å²) in [5.41, 5.74) is 1.37. The SMILES string of the molecule is COc1ccc(C(=O)C2CCN(S(=O)(=O)c3cc([N+](=O)[O-])cc(C)c3C)CC2)cc1. The average Bonchev–Trinajstić information content (AvgIpc) is 2.74. The van der Waals surface area contributed by atoms with E-state index in [9.17, 15) is 23.3 Å². The Labute approximate surface area is 175 Å². The van der Waals surface area contributed by atoms with E-state index in [2.05, 4.69) is 0 Å². The van der Waals surface area contributed by atoms with E-state index in [1.165, 1.54) is 10.4 Å². The predicted molar refractivity (Wildman–Crippen MR) is 111 cm³/mol. The monoisotopic (exact) mass is 432 g/mol. The molecule has 0 radical (unpaired) electrons. The van der Waals surface area contributed by atoms with Gasteiger partial charge in [0.05, 0.1) is 16.9 Å². The second kappa shape index (κ2) is 8.53. The number of Topliss-reactive ketones (excluding diaryl/α,β-unsaturated/α-hetero) is 1. The topological polar surface area (TPSA) is 107 Å². The maximum absolute atomic E-state index is 13.2. The number of hydrogen-bond donors (Lipinski definition) is 0. The molecule has 0 aliphatic carbocycles. The highest BCUT2D eigenvalue weighted by atomic mass is 32.2. The van der Waals surface area contributed by atoms with E-state index >= 15 is 0 Å². The number of sulfonamides is 1. The summed E-state index contributed by atoms with van der Waals surface area (Å²) in [5, 5.41) is 11.2. The molecule has 1 fully saturated rings. The van der Waals surface area contributed by atoms with Crippen molar-refractivity contribution < 1.29 is 22.9 Å². The van der Waals surface area contributed by atoms with Gasteiger partial charge in [-0.3, -0.25) is 14.9 Å². The third-order valence-electron chi connectivity index (χ3n) is 5.63. The van der Waals surface area contributed by atoms with Crippen molar-refractivity contribution in [3.05, 3.63) is 63.2 Å². The second-order valence-corrected chi connectivity index (χ2v) is 9.32. The van der Waals surface area contributed by atoms with Crippen LogP contribution in [0.1, 0.15) is 34.3 Å². The molecule has 2 aromatic carbocycles. The van der Waals surface area contributed by atoms with E-state index in [0.29, 0.717) is 35.3 Å². The molecule has 1 aliphatic rings. The fourth-order valence-electron chi connectivity index (χ4n) is 3.67. The first kappa shape index (κ1) is 21.9. The van der Waals surface area contributed by atoms with Crippen molar-refractivity contribution >= 4 is 21.5 Å². The van der Waals surface area contributed by atoms with Gasteiger partial charge >= 0.3 is 0 Å². The van der Waals surface area contributed by atoms with Crippen molar-refractivity contribution in [1.29, 1.82) is 0 Å². The number of rotatable bonds is 6. The maximum atomic E-state index is 13.2. The summed E-state index contributed by atoms with van der Waals surface area (Å²) in [6.07, 6.45) is 0.800. The van der Waals surface area contributed by atoms with Crippen molar-refractivity contribution in [3.8, 4) is 5.75 Å². The van der Waals surface area contributed by atoms with Gasteiger partial charge in [-0.2, -0.15) is 4.31 Å². The fourth-order valence-corrected chi connectivity index (χ4v) is 5.46. The van der Waals surface area contributed by atoms with Gasteiger partial charge in [0.2, 0.25) is 10.0 Å². The van der Waals surface area contributed by atoms with Gasteiger partial charge in [0.25, 0.3) is 5.69 Å². The van der Waals surface area contributed by atoms with Crippen LogP contribution in [0.15, 0.2) is 41.3 Å². The van der Waals surface area contributed by atoms with Crippen LogP contribution in [0.4, 0.5) is 5.69 Å². The quantitative estimate of drug-likeness (QED) is 0.393. The van der Waals surface area contributed by atoms with E-state index in [1.54, 1.807) is 45.2 Å². The molecule has 1 aliphatic heterocycles. The zero-order valence-corrected chi connectivity index (χ0v) is 17.9. The van der Waals surface area contributed by atoms with Crippen LogP contribution in [-0.4, -0.2) is 43.6 Å². The van der Waals surface area contributed by atoms with Crippen LogP contribution in [0.2, 0.25) is 0 Å². The van der Waals surface area contributed by atoms with Gasteiger partial charge in [-0.1, -0.05) is 0 Å². The lowest BCUT2D eigenvalue weighted by molar-refractivity contribution is -0.385. The standard InChI is InChI=1S/C21H24N2O6S/c1-14-12-18(23(25)26)13-20(15(14)2)30(27,28)22-10-8-17(9-11-22)21(24)16-4-6-19(29-3)7-5-16/h4-7,12-13,17H,8-11H2,1-3H3. The number of ether oxygens (including phenoxy) is 1. The zero-order chi connectivity index (χ0) is 22.1. The van der Waals surface area contributed by atoms with Crippen molar-refractivity contribution in [2.24, 2.45) is 5.92 Å². The lowest BCUT2D eigenvalue weighted by atomic mass is 9.89. The molecule has 160 valence electrons. The van der Waals surface area contributed by atoms with Crippen LogP contribution in [-0.2, 0) is 10.0 Å². The molecule has 1 heterocycles. The minimum Gasteiger partial charge on any atom is -0.497 e. The first-order valence-corrected chi connectivity index (χ1v) is 11.0. The number of aryl methyl sites for hydroxylation is 1. The number of nitro groups is 1. The summed E-state index contributed by atoms with van der Waals surface area (Å²) in [5.74, 6) is 0.380. The van der Waals surface area contributed by atoms with Gasteiger partial charge in [-0.05, 0) is 62.1 Å². The molecule has 0 amide bonds. The van der Waals surface area contributed by atoms with E-state index in [-0.39, 0.29) is 35.4 Å². The molecular weight excluding hydrogens is 408 g/mol. The van der Waals surface area contributed by atoms with Gasteiger partial charge in [-0.25, -0.2) is 8.42 Å². The van der Waals surface area contributed by atoms with E-state index in [0.717, 1.165) is 6.07 Å². The maximum Gasteiger partial charge on any atom is 0.271 e. The number of methoxy groups -OCH3 is 1. The molecule has 0 bridgehead atoms. The highest BCUT2D eigenvalue weighted by molar-refractivity contribution is 7.89. The number of nitro benzene ring substituents is 1.